The third kappa shape index (κ3) is 10.6. The highest BCUT2D eigenvalue weighted by Crippen LogP contribution is 2.28. The van der Waals surface area contributed by atoms with E-state index in [9.17, 15) is 14.4 Å². The van der Waals surface area contributed by atoms with Crippen LogP contribution >= 0.6 is 0 Å². The lowest BCUT2D eigenvalue weighted by molar-refractivity contribution is -0.123. The second-order valence-corrected chi connectivity index (χ2v) is 11.1. The van der Waals surface area contributed by atoms with E-state index in [1.54, 1.807) is 23.1 Å². The van der Waals surface area contributed by atoms with E-state index in [1.807, 2.05) is 4.90 Å². The van der Waals surface area contributed by atoms with Crippen LogP contribution in [0.2, 0.25) is 0 Å². The molecule has 0 bridgehead atoms. The minimum absolute atomic E-state index is 0.0930. The van der Waals surface area contributed by atoms with Gasteiger partial charge in [0.1, 0.15) is 5.75 Å². The van der Waals surface area contributed by atoms with Gasteiger partial charge in [-0.1, -0.05) is 20.8 Å². The maximum absolute atomic E-state index is 13.3. The van der Waals surface area contributed by atoms with Crippen LogP contribution in [0.15, 0.2) is 18.2 Å². The van der Waals surface area contributed by atoms with Gasteiger partial charge >= 0.3 is 0 Å². The summed E-state index contributed by atoms with van der Waals surface area (Å²) in [7, 11) is 0. The van der Waals surface area contributed by atoms with Crippen molar-refractivity contribution >= 4 is 17.7 Å². The summed E-state index contributed by atoms with van der Waals surface area (Å²) in [6.07, 6.45) is 1.78. The number of nitrogens with two attached hydrogens (primary N) is 1. The smallest absolute Gasteiger partial charge is 0.258 e. The first kappa shape index (κ1) is 32.8. The Bertz CT molecular complexity index is 982. The van der Waals surface area contributed by atoms with Crippen LogP contribution in [0.3, 0.4) is 0 Å². The number of ether oxygens (including phenoxy) is 4. The predicted molar refractivity (Wildman–Crippen MR) is 155 cm³/mol. The minimum Gasteiger partial charge on any atom is -0.483 e. The second kappa shape index (κ2) is 17.3. The molecule has 3 unspecified atom stereocenters. The molecular formula is C30H48N4O7. The first-order valence-electron chi connectivity index (χ1n) is 14.9. The molecule has 0 radical (unpaired) electrons. The molecule has 2 heterocycles. The molecule has 1 aromatic rings. The maximum Gasteiger partial charge on any atom is 0.258 e. The van der Waals surface area contributed by atoms with E-state index in [2.05, 4.69) is 26.1 Å². The van der Waals surface area contributed by atoms with Crippen molar-refractivity contribution in [1.82, 2.24) is 15.1 Å². The van der Waals surface area contributed by atoms with E-state index in [4.69, 9.17) is 24.7 Å². The Hall–Kier alpha value is -2.73. The van der Waals surface area contributed by atoms with Gasteiger partial charge in [0.05, 0.1) is 38.6 Å². The van der Waals surface area contributed by atoms with Crippen LogP contribution in [0.25, 0.3) is 0 Å². The molecule has 1 aromatic carbocycles. The van der Waals surface area contributed by atoms with Crippen LogP contribution in [-0.2, 0) is 19.0 Å². The number of carbonyl (C=O) groups is 3. The van der Waals surface area contributed by atoms with Gasteiger partial charge in [-0.2, -0.15) is 0 Å². The fourth-order valence-corrected chi connectivity index (χ4v) is 4.90. The summed E-state index contributed by atoms with van der Waals surface area (Å²) in [5, 5.41) is 2.75. The number of carbonyl (C=O) groups excluding carboxylic acids is 3. The number of hydrogen-bond acceptors (Lipinski definition) is 8. The summed E-state index contributed by atoms with van der Waals surface area (Å²) in [4.78, 5) is 42.6. The van der Waals surface area contributed by atoms with Gasteiger partial charge in [0, 0.05) is 44.9 Å². The van der Waals surface area contributed by atoms with Crippen LogP contribution < -0.4 is 15.8 Å². The highest BCUT2D eigenvalue weighted by molar-refractivity contribution is 6.00. The SMILES string of the molecule is CC1CCN(C(=O)c2ccc(C(=O)N3CC(C)C(C)C3)cc2OCC(=O)NCCOCCOCCOCCCN)C1. The van der Waals surface area contributed by atoms with E-state index in [1.165, 1.54) is 0 Å². The van der Waals surface area contributed by atoms with Gasteiger partial charge in [0.25, 0.3) is 17.7 Å². The average Bonchev–Trinajstić information content (AvgIpc) is 3.55. The molecule has 2 aliphatic heterocycles. The number of hydrogen-bond donors (Lipinski definition) is 2. The molecule has 2 aliphatic rings. The molecule has 11 heteroatoms. The van der Waals surface area contributed by atoms with Crippen LogP contribution in [0.5, 0.6) is 5.75 Å². The van der Waals surface area contributed by atoms with E-state index in [0.717, 1.165) is 12.8 Å². The Morgan fingerprint density at radius 1 is 0.878 bits per heavy atom. The lowest BCUT2D eigenvalue weighted by atomic mass is 10.0. The van der Waals surface area contributed by atoms with Crippen molar-refractivity contribution in [2.24, 2.45) is 23.5 Å². The summed E-state index contributed by atoms with van der Waals surface area (Å²) in [6, 6.07) is 4.94. The molecule has 0 spiro atoms. The molecule has 11 nitrogen and oxygen atoms in total. The van der Waals surface area contributed by atoms with Crippen molar-refractivity contribution in [3.05, 3.63) is 29.3 Å². The Morgan fingerprint density at radius 3 is 2.17 bits per heavy atom. The Labute approximate surface area is 244 Å². The van der Waals surface area contributed by atoms with Crippen molar-refractivity contribution in [3.8, 4) is 5.75 Å². The number of nitrogens with zero attached hydrogens (tertiary/aromatic N) is 2. The van der Waals surface area contributed by atoms with Gasteiger partial charge in [0.15, 0.2) is 6.61 Å². The topological polar surface area (TPSA) is 133 Å². The molecule has 3 N–H and O–H groups in total. The van der Waals surface area contributed by atoms with E-state index in [0.29, 0.717) is 108 Å². The fourth-order valence-electron chi connectivity index (χ4n) is 4.90. The molecule has 230 valence electrons. The quantitative estimate of drug-likeness (QED) is 0.268. The average molecular weight is 577 g/mol. The van der Waals surface area contributed by atoms with Crippen molar-refractivity contribution in [2.75, 3.05) is 85.5 Å². The predicted octanol–water partition coefficient (Wildman–Crippen LogP) is 1.79. The molecule has 0 aliphatic carbocycles. The summed E-state index contributed by atoms with van der Waals surface area (Å²) < 4.78 is 22.1. The first-order valence-corrected chi connectivity index (χ1v) is 14.9. The van der Waals surface area contributed by atoms with Gasteiger partial charge in [-0.15, -0.1) is 0 Å². The lowest BCUT2D eigenvalue weighted by Crippen LogP contribution is -2.33. The first-order chi connectivity index (χ1) is 19.8. The lowest BCUT2D eigenvalue weighted by Gasteiger charge is -2.20. The van der Waals surface area contributed by atoms with E-state index >= 15 is 0 Å². The highest BCUT2D eigenvalue weighted by atomic mass is 16.5. The van der Waals surface area contributed by atoms with Crippen LogP contribution in [-0.4, -0.2) is 113 Å². The molecule has 0 saturated carbocycles. The number of benzene rings is 1. The monoisotopic (exact) mass is 576 g/mol. The van der Waals surface area contributed by atoms with Crippen molar-refractivity contribution in [3.63, 3.8) is 0 Å². The highest BCUT2D eigenvalue weighted by Gasteiger charge is 2.31. The number of likely N-dealkylation sites (tertiary alicyclic amines) is 2. The Kier molecular flexibility index (Phi) is 13.8. The number of nitrogens with one attached hydrogen (secondary N) is 1. The third-order valence-corrected chi connectivity index (χ3v) is 7.61. The zero-order valence-electron chi connectivity index (χ0n) is 24.9. The second-order valence-electron chi connectivity index (χ2n) is 11.1. The van der Waals surface area contributed by atoms with E-state index in [-0.39, 0.29) is 30.1 Å². The standard InChI is InChI=1S/C30H48N4O7/c1-22-7-10-33(18-22)30(37)26-6-5-25(29(36)34-19-23(2)24(3)20-34)17-27(26)41-21-28(35)32-9-12-39-14-16-40-15-13-38-11-4-8-31/h5-6,17,22-24H,4,7-16,18-21,31H2,1-3H3,(H,32,35). The number of amides is 3. The Balaban J connectivity index is 1.47. The molecule has 41 heavy (non-hydrogen) atoms. The van der Waals surface area contributed by atoms with Crippen LogP contribution in [0.1, 0.15) is 54.3 Å². The minimum atomic E-state index is -0.341. The molecule has 2 fully saturated rings. The molecule has 2 saturated heterocycles. The molecular weight excluding hydrogens is 528 g/mol. The molecule has 3 atom stereocenters. The zero-order valence-corrected chi connectivity index (χ0v) is 24.9. The van der Waals surface area contributed by atoms with Gasteiger partial charge in [0.2, 0.25) is 0 Å². The summed E-state index contributed by atoms with van der Waals surface area (Å²) >= 11 is 0. The van der Waals surface area contributed by atoms with Crippen molar-refractivity contribution < 1.29 is 33.3 Å². The summed E-state index contributed by atoms with van der Waals surface area (Å²) in [5.41, 5.74) is 6.22. The normalized spacial score (nSPS) is 20.4. The van der Waals surface area contributed by atoms with Gasteiger partial charge in [-0.05, 0) is 55.3 Å². The summed E-state index contributed by atoms with van der Waals surface area (Å²) in [6.45, 7) is 12.6. The molecule has 3 amide bonds. The van der Waals surface area contributed by atoms with Gasteiger partial charge in [-0.25, -0.2) is 0 Å². The Morgan fingerprint density at radius 2 is 1.54 bits per heavy atom. The molecule has 0 aromatic heterocycles. The zero-order chi connectivity index (χ0) is 29.6. The maximum atomic E-state index is 13.3. The van der Waals surface area contributed by atoms with Gasteiger partial charge < -0.3 is 39.8 Å². The van der Waals surface area contributed by atoms with Crippen LogP contribution in [0, 0.1) is 17.8 Å². The van der Waals surface area contributed by atoms with E-state index < -0.39 is 0 Å². The van der Waals surface area contributed by atoms with Crippen LogP contribution in [0.4, 0.5) is 0 Å². The summed E-state index contributed by atoms with van der Waals surface area (Å²) in [5.74, 6) is 0.957. The molecule has 3 rings (SSSR count). The fraction of sp³-hybridized carbons (Fsp3) is 0.700. The largest absolute Gasteiger partial charge is 0.483 e. The van der Waals surface area contributed by atoms with Crippen molar-refractivity contribution in [1.29, 1.82) is 0 Å². The number of rotatable bonds is 17. The third-order valence-electron chi connectivity index (χ3n) is 7.61. The van der Waals surface area contributed by atoms with Crippen molar-refractivity contribution in [2.45, 2.75) is 33.6 Å². The van der Waals surface area contributed by atoms with Gasteiger partial charge in [-0.3, -0.25) is 14.4 Å².